The van der Waals surface area contributed by atoms with Crippen molar-refractivity contribution in [3.8, 4) is 0 Å². The lowest BCUT2D eigenvalue weighted by Gasteiger charge is -1.34. The summed E-state index contributed by atoms with van der Waals surface area (Å²) in [4.78, 5) is 41.8. The second-order valence-electron chi connectivity index (χ2n) is 0.527. The number of hydrogen-bond acceptors (Lipinski definition) is 11. The molecule has 0 atom stereocenters. The second-order valence-corrected chi connectivity index (χ2v) is 0.527. The molecule has 0 aliphatic rings. The highest BCUT2D eigenvalue weighted by molar-refractivity contribution is 5.33. The molecule has 138 valence electrons. The summed E-state index contributed by atoms with van der Waals surface area (Å²) < 4.78 is 0. The molecule has 0 saturated carbocycles. The molecule has 0 aromatic rings. The third-order valence-corrected chi connectivity index (χ3v) is 0. The lowest BCUT2D eigenvalue weighted by Crippen LogP contribution is -1.49. The van der Waals surface area contributed by atoms with Gasteiger partial charge in [-0.25, -0.2) is 0 Å². The van der Waals surface area contributed by atoms with Gasteiger partial charge in [0.25, 0.3) is 32.4 Å². The van der Waals surface area contributed by atoms with Crippen LogP contribution in [0.4, 0.5) is 0 Å². The zero-order valence-corrected chi connectivity index (χ0v) is 11.4. The lowest BCUT2D eigenvalue weighted by atomic mass is 11.7. The minimum Gasteiger partial charge on any atom is -0.483 e. The Morgan fingerprint density at radius 3 is 0.333 bits per heavy atom. The standard InChI is InChI=1S/5CH2O2.6H3N/c5*2-1-3;;;;;;/h5*1H,(H,2,3);6*1H3. The first-order chi connectivity index (χ1) is 7.07. The van der Waals surface area contributed by atoms with Crippen molar-refractivity contribution in [2.75, 3.05) is 0 Å². The van der Waals surface area contributed by atoms with Crippen LogP contribution < -0.4 is 36.9 Å². The molecule has 16 heteroatoms. The van der Waals surface area contributed by atoms with Crippen molar-refractivity contribution in [3.05, 3.63) is 0 Å². The Balaban J connectivity index is -0.00000000617. The molecule has 16 nitrogen and oxygen atoms in total. The Bertz CT molecular complexity index is 104. The van der Waals surface area contributed by atoms with E-state index in [2.05, 4.69) is 0 Å². The van der Waals surface area contributed by atoms with E-state index in [0.29, 0.717) is 0 Å². The van der Waals surface area contributed by atoms with E-state index in [1.54, 1.807) is 0 Å². The first-order valence-electron chi connectivity index (χ1n) is 2.47. The Morgan fingerprint density at radius 1 is 0.333 bits per heavy atom. The number of carbonyl (C=O) groups is 5. The molecule has 0 saturated heterocycles. The zero-order valence-electron chi connectivity index (χ0n) is 11.4. The molecular weight excluding hydrogens is 304 g/mol. The maximum absolute atomic E-state index is 8.36. The third-order valence-electron chi connectivity index (χ3n) is 0. The molecule has 0 spiro atoms. The molecule has 0 aliphatic heterocycles. The topological polar surface area (TPSA) is 397 Å². The van der Waals surface area contributed by atoms with Gasteiger partial charge in [0.15, 0.2) is 0 Å². The van der Waals surface area contributed by atoms with Crippen LogP contribution >= 0.6 is 0 Å². The summed E-state index contributed by atoms with van der Waals surface area (Å²) in [5.41, 5.74) is 0. The van der Waals surface area contributed by atoms with Crippen molar-refractivity contribution in [1.29, 1.82) is 0 Å². The molecule has 0 aromatic heterocycles. The normalized spacial score (nSPS) is 2.86. The van der Waals surface area contributed by atoms with Crippen LogP contribution in [0, 0.1) is 0 Å². The van der Waals surface area contributed by atoms with Crippen LogP contribution in [-0.4, -0.2) is 57.9 Å². The first kappa shape index (κ1) is 105. The van der Waals surface area contributed by atoms with Crippen LogP contribution in [0.5, 0.6) is 0 Å². The first-order valence-corrected chi connectivity index (χ1v) is 2.47. The number of rotatable bonds is 0. The highest BCUT2D eigenvalue weighted by Crippen LogP contribution is 0.978. The van der Waals surface area contributed by atoms with E-state index in [-0.39, 0.29) is 69.3 Å². The minimum absolute atomic E-state index is 0. The summed E-state index contributed by atoms with van der Waals surface area (Å²) in [6, 6.07) is 0. The van der Waals surface area contributed by atoms with Crippen molar-refractivity contribution in [1.82, 2.24) is 36.9 Å². The smallest absolute Gasteiger partial charge is 0.290 e. The van der Waals surface area contributed by atoms with Gasteiger partial charge in [0.05, 0.1) is 0 Å². The van der Waals surface area contributed by atoms with Gasteiger partial charge < -0.3 is 62.4 Å². The van der Waals surface area contributed by atoms with Gasteiger partial charge in [0.2, 0.25) is 0 Å². The zero-order chi connectivity index (χ0) is 13.5. The molecule has 0 aromatic carbocycles. The number of hydrogen-bond donors (Lipinski definition) is 11. The summed E-state index contributed by atoms with van der Waals surface area (Å²) in [6.45, 7) is -1.25. The van der Waals surface area contributed by atoms with Crippen LogP contribution in [0.25, 0.3) is 0 Å². The van der Waals surface area contributed by atoms with Crippen LogP contribution in [-0.2, 0) is 24.0 Å². The molecule has 0 amide bonds. The molecule has 0 radical (unpaired) electrons. The molecule has 0 aliphatic carbocycles. The average molecular weight is 332 g/mol. The van der Waals surface area contributed by atoms with Gasteiger partial charge in [-0.3, -0.25) is 24.0 Å². The fraction of sp³-hybridized carbons (Fsp3) is 0. The van der Waals surface area contributed by atoms with Gasteiger partial charge in [0, 0.05) is 0 Å². The predicted molar refractivity (Wildman–Crippen MR) is 73.6 cm³/mol. The van der Waals surface area contributed by atoms with E-state index >= 15 is 0 Å². The van der Waals surface area contributed by atoms with Gasteiger partial charge in [-0.15, -0.1) is 0 Å². The van der Waals surface area contributed by atoms with Crippen LogP contribution in [0.2, 0.25) is 0 Å². The maximum atomic E-state index is 8.36. The SMILES string of the molecule is N.N.N.N.N.N.O=CO.O=CO.O=CO.O=CO.O=CO. The molecule has 21 heavy (non-hydrogen) atoms. The average Bonchev–Trinajstić information content (AvgIpc) is 2.09. The van der Waals surface area contributed by atoms with Gasteiger partial charge in [0.1, 0.15) is 0 Å². The monoisotopic (exact) mass is 332 g/mol. The fourth-order valence-corrected chi connectivity index (χ4v) is 0. The Labute approximate surface area is 120 Å². The van der Waals surface area contributed by atoms with Crippen molar-refractivity contribution in [3.63, 3.8) is 0 Å². The molecule has 0 heterocycles. The molecule has 0 fully saturated rings. The number of carboxylic acid groups (broad SMARTS) is 5. The minimum atomic E-state index is -0.250. The second kappa shape index (κ2) is 997. The molecular formula is C5H28N6O10. The van der Waals surface area contributed by atoms with Crippen LogP contribution in [0.1, 0.15) is 0 Å². The quantitative estimate of drug-likeness (QED) is 0.248. The third kappa shape index (κ3) is 468. The highest BCUT2D eigenvalue weighted by Gasteiger charge is 1.23. The van der Waals surface area contributed by atoms with E-state index < -0.39 is 0 Å². The van der Waals surface area contributed by atoms with Crippen molar-refractivity contribution < 1.29 is 49.5 Å². The van der Waals surface area contributed by atoms with Gasteiger partial charge in [-0.2, -0.15) is 0 Å². The van der Waals surface area contributed by atoms with E-state index in [0.717, 1.165) is 0 Å². The molecule has 0 unspecified atom stereocenters. The van der Waals surface area contributed by atoms with Crippen molar-refractivity contribution >= 4 is 32.4 Å². The van der Waals surface area contributed by atoms with Gasteiger partial charge in [-0.1, -0.05) is 0 Å². The van der Waals surface area contributed by atoms with Gasteiger partial charge in [-0.05, 0) is 0 Å². The van der Waals surface area contributed by atoms with Crippen molar-refractivity contribution in [2.24, 2.45) is 0 Å². The summed E-state index contributed by atoms with van der Waals surface area (Å²) >= 11 is 0. The molecule has 23 N–H and O–H groups in total. The van der Waals surface area contributed by atoms with E-state index in [4.69, 9.17) is 49.5 Å². The molecule has 0 rings (SSSR count). The summed E-state index contributed by atoms with van der Waals surface area (Å²) in [5.74, 6) is 0. The highest BCUT2D eigenvalue weighted by atomic mass is 16.4. The van der Waals surface area contributed by atoms with Gasteiger partial charge >= 0.3 is 0 Å². The van der Waals surface area contributed by atoms with E-state index in [9.17, 15) is 0 Å². The Morgan fingerprint density at radius 2 is 0.333 bits per heavy atom. The molecule has 0 bridgehead atoms. The summed E-state index contributed by atoms with van der Waals surface area (Å²) in [7, 11) is 0. The largest absolute Gasteiger partial charge is 0.483 e. The fourth-order valence-electron chi connectivity index (χ4n) is 0. The van der Waals surface area contributed by atoms with Crippen LogP contribution in [0.3, 0.4) is 0 Å². The predicted octanol–water partition coefficient (Wildman–Crippen LogP) is -0.524. The van der Waals surface area contributed by atoms with Crippen molar-refractivity contribution in [2.45, 2.75) is 0 Å². The Kier molecular flexibility index (Phi) is 4980. The van der Waals surface area contributed by atoms with E-state index in [1.807, 2.05) is 0 Å². The van der Waals surface area contributed by atoms with E-state index in [1.165, 1.54) is 0 Å². The maximum Gasteiger partial charge on any atom is 0.290 e. The summed E-state index contributed by atoms with van der Waals surface area (Å²) in [6.07, 6.45) is 0. The summed E-state index contributed by atoms with van der Waals surface area (Å²) in [5, 5.41) is 34.4. The van der Waals surface area contributed by atoms with Crippen LogP contribution in [0.15, 0.2) is 0 Å². The Hall–Kier alpha value is -2.89. The lowest BCUT2D eigenvalue weighted by molar-refractivity contribution is -0.123.